The Morgan fingerprint density at radius 2 is 2.15 bits per heavy atom. The van der Waals surface area contributed by atoms with Crippen molar-refractivity contribution >= 4 is 5.97 Å². The molecule has 3 rings (SSSR count). The zero-order chi connectivity index (χ0) is 18.5. The largest absolute Gasteiger partial charge is 0.460 e. The fraction of sp³-hybridized carbons (Fsp3) is 0.850. The molecule has 26 heavy (non-hydrogen) atoms. The minimum atomic E-state index is -1.57. The zero-order valence-electron chi connectivity index (χ0n) is 15.4. The predicted molar refractivity (Wildman–Crippen MR) is 93.0 cm³/mol. The molecule has 6 heteroatoms. The molecule has 148 valence electrons. The molecule has 3 aliphatic rings. The lowest BCUT2D eigenvalue weighted by Gasteiger charge is -2.28. The first-order chi connectivity index (χ1) is 12.6. The molecule has 7 atom stereocenters. The molecule has 0 radical (unpaired) electrons. The zero-order valence-corrected chi connectivity index (χ0v) is 15.4. The molecule has 3 unspecified atom stereocenters. The summed E-state index contributed by atoms with van der Waals surface area (Å²) in [4.78, 5) is 11.4. The second-order valence-corrected chi connectivity index (χ2v) is 7.64. The van der Waals surface area contributed by atoms with Gasteiger partial charge in [0.15, 0.2) is 6.29 Å². The van der Waals surface area contributed by atoms with Crippen LogP contribution in [0, 0.1) is 11.8 Å². The lowest BCUT2D eigenvalue weighted by molar-refractivity contribution is -0.189. The van der Waals surface area contributed by atoms with Crippen LogP contribution >= 0.6 is 0 Å². The van der Waals surface area contributed by atoms with E-state index in [0.29, 0.717) is 19.4 Å². The lowest BCUT2D eigenvalue weighted by Crippen LogP contribution is -2.32. The molecule has 0 spiro atoms. The maximum absolute atomic E-state index is 14.7. The van der Waals surface area contributed by atoms with Gasteiger partial charge in [-0.2, -0.15) is 0 Å². The molecular formula is C20H30F2O4. The normalized spacial score (nSPS) is 36.9. The number of unbranched alkanes of at least 4 members (excludes halogenated alkanes) is 1. The summed E-state index contributed by atoms with van der Waals surface area (Å²) in [5, 5.41) is 0. The van der Waals surface area contributed by atoms with Gasteiger partial charge in [0.2, 0.25) is 6.17 Å². The number of rotatable bonds is 8. The molecule has 2 heterocycles. The summed E-state index contributed by atoms with van der Waals surface area (Å²) < 4.78 is 45.4. The number of alkyl halides is 2. The van der Waals surface area contributed by atoms with Gasteiger partial charge in [-0.1, -0.05) is 31.9 Å². The highest BCUT2D eigenvalue weighted by atomic mass is 19.1. The van der Waals surface area contributed by atoms with Crippen LogP contribution in [0.15, 0.2) is 12.2 Å². The quantitative estimate of drug-likeness (QED) is 0.471. The average Bonchev–Trinajstić information content (AvgIpc) is 3.17. The molecule has 2 aliphatic heterocycles. The first-order valence-electron chi connectivity index (χ1n) is 10.0. The monoisotopic (exact) mass is 372 g/mol. The van der Waals surface area contributed by atoms with E-state index in [1.54, 1.807) is 6.08 Å². The van der Waals surface area contributed by atoms with E-state index in [9.17, 15) is 13.6 Å². The van der Waals surface area contributed by atoms with Gasteiger partial charge in [0.1, 0.15) is 18.4 Å². The van der Waals surface area contributed by atoms with Crippen molar-refractivity contribution in [3.05, 3.63) is 12.2 Å². The Kier molecular flexibility index (Phi) is 7.04. The van der Waals surface area contributed by atoms with Crippen molar-refractivity contribution in [2.24, 2.45) is 11.8 Å². The summed E-state index contributed by atoms with van der Waals surface area (Å²) in [6.07, 6.45) is 5.83. The van der Waals surface area contributed by atoms with Crippen LogP contribution in [-0.4, -0.2) is 43.4 Å². The van der Waals surface area contributed by atoms with Gasteiger partial charge < -0.3 is 14.2 Å². The van der Waals surface area contributed by atoms with E-state index in [4.69, 9.17) is 14.2 Å². The number of hydrogen-bond acceptors (Lipinski definition) is 4. The summed E-state index contributed by atoms with van der Waals surface area (Å²) in [5.41, 5.74) is 0. The number of carbonyl (C=O) groups excluding carboxylic acids is 1. The Labute approximate surface area is 154 Å². The maximum Gasteiger partial charge on any atom is 0.341 e. The Morgan fingerprint density at radius 3 is 2.88 bits per heavy atom. The van der Waals surface area contributed by atoms with Crippen LogP contribution in [0.5, 0.6) is 0 Å². The topological polar surface area (TPSA) is 44.8 Å². The average molecular weight is 372 g/mol. The Morgan fingerprint density at radius 1 is 1.31 bits per heavy atom. The van der Waals surface area contributed by atoms with Crippen LogP contribution in [0.4, 0.5) is 8.78 Å². The standard InChI is InChI=1S/C20H30F2O4/c1-2-3-6-14(21)15(25-17-7-4-5-12-24-17)10-8-13-9-11-16-18(13)19(22)20(23)26-16/h8,10,13-19H,2-7,9,11-12H2,1H3/b10-8+/t13-,14?,15?,16-,17?,18+,19+/m0/s1. The highest BCUT2D eigenvalue weighted by molar-refractivity contribution is 5.77. The van der Waals surface area contributed by atoms with Crippen LogP contribution in [0.3, 0.4) is 0 Å². The van der Waals surface area contributed by atoms with Gasteiger partial charge in [-0.3, -0.25) is 0 Å². The molecule has 1 saturated carbocycles. The second kappa shape index (κ2) is 9.27. The Hall–Kier alpha value is -1.01. The summed E-state index contributed by atoms with van der Waals surface area (Å²) in [6, 6.07) is 0. The van der Waals surface area contributed by atoms with Crippen molar-refractivity contribution in [1.82, 2.24) is 0 Å². The molecule has 0 amide bonds. The van der Waals surface area contributed by atoms with Crippen molar-refractivity contribution in [2.45, 2.75) is 89.1 Å². The van der Waals surface area contributed by atoms with Gasteiger partial charge in [0.05, 0.1) is 0 Å². The summed E-state index contributed by atoms with van der Waals surface area (Å²) >= 11 is 0. The molecule has 0 aromatic rings. The molecule has 1 aliphatic carbocycles. The van der Waals surface area contributed by atoms with Gasteiger partial charge in [-0.15, -0.1) is 0 Å². The third-order valence-electron chi connectivity index (χ3n) is 5.72. The number of allylic oxidation sites excluding steroid dienone is 1. The number of fused-ring (bicyclic) bond motifs is 1. The molecule has 2 saturated heterocycles. The van der Waals surface area contributed by atoms with Gasteiger partial charge in [0.25, 0.3) is 0 Å². The smallest absolute Gasteiger partial charge is 0.341 e. The van der Waals surface area contributed by atoms with Crippen LogP contribution < -0.4 is 0 Å². The van der Waals surface area contributed by atoms with Crippen LogP contribution in [0.1, 0.15) is 58.3 Å². The van der Waals surface area contributed by atoms with E-state index in [0.717, 1.165) is 38.5 Å². The van der Waals surface area contributed by atoms with E-state index in [-0.39, 0.29) is 18.3 Å². The van der Waals surface area contributed by atoms with Gasteiger partial charge in [0, 0.05) is 12.5 Å². The first kappa shape index (κ1) is 19.7. The minimum absolute atomic E-state index is 0.113. The van der Waals surface area contributed by atoms with E-state index >= 15 is 0 Å². The summed E-state index contributed by atoms with van der Waals surface area (Å²) in [7, 11) is 0. The highest BCUT2D eigenvalue weighted by Gasteiger charge is 2.51. The van der Waals surface area contributed by atoms with Crippen molar-refractivity contribution in [3.8, 4) is 0 Å². The molecule has 3 fully saturated rings. The third kappa shape index (κ3) is 4.63. The van der Waals surface area contributed by atoms with Crippen LogP contribution in [0.25, 0.3) is 0 Å². The van der Waals surface area contributed by atoms with Gasteiger partial charge in [-0.25, -0.2) is 13.6 Å². The number of esters is 1. The van der Waals surface area contributed by atoms with Gasteiger partial charge in [-0.05, 0) is 44.4 Å². The van der Waals surface area contributed by atoms with Crippen molar-refractivity contribution in [1.29, 1.82) is 0 Å². The van der Waals surface area contributed by atoms with E-state index in [1.165, 1.54) is 0 Å². The number of carbonyl (C=O) groups is 1. The Bertz CT molecular complexity index is 492. The summed E-state index contributed by atoms with van der Waals surface area (Å²) in [5.74, 6) is -1.31. The van der Waals surface area contributed by atoms with Crippen LogP contribution in [-0.2, 0) is 19.0 Å². The first-order valence-corrected chi connectivity index (χ1v) is 10.0. The number of ether oxygens (including phenoxy) is 3. The van der Waals surface area contributed by atoms with E-state index < -0.39 is 30.3 Å². The van der Waals surface area contributed by atoms with Crippen molar-refractivity contribution in [3.63, 3.8) is 0 Å². The van der Waals surface area contributed by atoms with E-state index in [1.807, 2.05) is 13.0 Å². The van der Waals surface area contributed by atoms with Crippen molar-refractivity contribution in [2.75, 3.05) is 6.61 Å². The third-order valence-corrected chi connectivity index (χ3v) is 5.72. The summed E-state index contributed by atoms with van der Waals surface area (Å²) in [6.45, 7) is 2.67. The Balaban J connectivity index is 1.63. The molecule has 0 N–H and O–H groups in total. The maximum atomic E-state index is 14.7. The second-order valence-electron chi connectivity index (χ2n) is 7.64. The molecule has 4 nitrogen and oxygen atoms in total. The van der Waals surface area contributed by atoms with Gasteiger partial charge >= 0.3 is 5.97 Å². The van der Waals surface area contributed by atoms with E-state index in [2.05, 4.69) is 0 Å². The van der Waals surface area contributed by atoms with Crippen molar-refractivity contribution < 1.29 is 27.8 Å². The minimum Gasteiger partial charge on any atom is -0.460 e. The fourth-order valence-electron chi connectivity index (χ4n) is 4.22. The SMILES string of the molecule is CCCCC(F)C(/C=C/[C@H]1CC[C@@H]2OC(=O)[C@H](F)[C@@H]21)OC1CCCCO1. The number of halogens is 2. The molecular weight excluding hydrogens is 342 g/mol. The molecule has 0 aromatic carbocycles. The molecule has 0 bridgehead atoms. The highest BCUT2D eigenvalue weighted by Crippen LogP contribution is 2.43. The van der Waals surface area contributed by atoms with Crippen LogP contribution in [0.2, 0.25) is 0 Å². The lowest BCUT2D eigenvalue weighted by atomic mass is 9.91. The molecule has 0 aromatic heterocycles. The number of hydrogen-bond donors (Lipinski definition) is 0. The predicted octanol–water partition coefficient (Wildman–Crippen LogP) is 4.27. The fourth-order valence-corrected chi connectivity index (χ4v) is 4.22.